The number of aliphatic hydroxyl groups is 1. The highest BCUT2D eigenvalue weighted by Gasteiger charge is 2.19. The monoisotopic (exact) mass is 191 g/mol. The fraction of sp³-hybridized carbons (Fsp3) is 0.500. The molecule has 0 radical (unpaired) electrons. The van der Waals surface area contributed by atoms with Crippen LogP contribution < -0.4 is 4.90 Å². The van der Waals surface area contributed by atoms with Crippen LogP contribution in [0.25, 0.3) is 0 Å². The van der Waals surface area contributed by atoms with Gasteiger partial charge >= 0.3 is 0 Å². The lowest BCUT2D eigenvalue weighted by atomic mass is 10.1. The Balaban J connectivity index is 2.09. The second-order valence-electron chi connectivity index (χ2n) is 3.91. The summed E-state index contributed by atoms with van der Waals surface area (Å²) < 4.78 is 0. The first kappa shape index (κ1) is 9.53. The molecule has 0 aromatic heterocycles. The van der Waals surface area contributed by atoms with E-state index in [-0.39, 0.29) is 6.10 Å². The fourth-order valence-electron chi connectivity index (χ4n) is 1.92. The number of β-amino-alcohol motifs (C(OH)–C–C–N with tert-alkyl or cyclic N) is 1. The van der Waals surface area contributed by atoms with Gasteiger partial charge in [0.15, 0.2) is 0 Å². The van der Waals surface area contributed by atoms with Gasteiger partial charge in [-0.2, -0.15) is 0 Å². The van der Waals surface area contributed by atoms with Crippen LogP contribution in [0, 0.1) is 0 Å². The third kappa shape index (κ3) is 1.90. The van der Waals surface area contributed by atoms with E-state index in [0.29, 0.717) is 0 Å². The van der Waals surface area contributed by atoms with Crippen molar-refractivity contribution in [1.29, 1.82) is 0 Å². The number of hydrogen-bond acceptors (Lipinski definition) is 2. The molecular formula is C12H17NO. The van der Waals surface area contributed by atoms with E-state index < -0.39 is 0 Å². The van der Waals surface area contributed by atoms with Crippen molar-refractivity contribution in [2.75, 3.05) is 18.0 Å². The summed E-state index contributed by atoms with van der Waals surface area (Å²) >= 11 is 0. The Labute approximate surface area is 85.2 Å². The summed E-state index contributed by atoms with van der Waals surface area (Å²) in [4.78, 5) is 2.24. The van der Waals surface area contributed by atoms with Crippen LogP contribution in [0.2, 0.25) is 0 Å². The summed E-state index contributed by atoms with van der Waals surface area (Å²) in [5, 5.41) is 9.42. The molecule has 1 aromatic rings. The summed E-state index contributed by atoms with van der Waals surface area (Å²) in [6.45, 7) is 3.92. The first-order valence-electron chi connectivity index (χ1n) is 5.31. The number of aryl methyl sites for hydroxylation is 1. The standard InChI is InChI=1S/C12H17NO/c1-2-10-3-5-11(6-4-10)13-8-7-12(14)9-13/h3-6,12,14H,2,7-9H2,1H3/t12-/m0/s1. The first-order valence-corrected chi connectivity index (χ1v) is 5.31. The predicted octanol–water partition coefficient (Wildman–Crippen LogP) is 1.82. The van der Waals surface area contributed by atoms with E-state index in [1.165, 1.54) is 11.3 Å². The summed E-state index contributed by atoms with van der Waals surface area (Å²) in [7, 11) is 0. The number of rotatable bonds is 2. The number of benzene rings is 1. The van der Waals surface area contributed by atoms with E-state index in [2.05, 4.69) is 36.1 Å². The molecule has 1 aliphatic heterocycles. The molecule has 2 rings (SSSR count). The Kier molecular flexibility index (Phi) is 2.73. The van der Waals surface area contributed by atoms with Gasteiger partial charge in [0.05, 0.1) is 6.10 Å². The third-order valence-corrected chi connectivity index (χ3v) is 2.87. The number of nitrogens with zero attached hydrogens (tertiary/aromatic N) is 1. The van der Waals surface area contributed by atoms with Gasteiger partial charge in [0, 0.05) is 18.8 Å². The van der Waals surface area contributed by atoms with Crippen LogP contribution in [0.1, 0.15) is 18.9 Å². The average molecular weight is 191 g/mol. The zero-order valence-corrected chi connectivity index (χ0v) is 8.61. The smallest absolute Gasteiger partial charge is 0.0731 e. The molecule has 0 bridgehead atoms. The molecule has 0 spiro atoms. The highest BCUT2D eigenvalue weighted by Crippen LogP contribution is 2.20. The molecule has 0 aliphatic carbocycles. The number of aliphatic hydroxyl groups excluding tert-OH is 1. The minimum absolute atomic E-state index is 0.138. The maximum Gasteiger partial charge on any atom is 0.0731 e. The van der Waals surface area contributed by atoms with Gasteiger partial charge in [0.2, 0.25) is 0 Å². The molecule has 1 N–H and O–H groups in total. The molecule has 0 unspecified atom stereocenters. The minimum Gasteiger partial charge on any atom is -0.391 e. The van der Waals surface area contributed by atoms with Crippen LogP contribution in [0.15, 0.2) is 24.3 Å². The van der Waals surface area contributed by atoms with Crippen molar-refractivity contribution in [3.8, 4) is 0 Å². The molecular weight excluding hydrogens is 174 g/mol. The summed E-state index contributed by atoms with van der Waals surface area (Å²) in [5.74, 6) is 0. The Morgan fingerprint density at radius 2 is 2.07 bits per heavy atom. The second kappa shape index (κ2) is 4.01. The molecule has 0 saturated carbocycles. The summed E-state index contributed by atoms with van der Waals surface area (Å²) in [5.41, 5.74) is 2.60. The Morgan fingerprint density at radius 3 is 2.57 bits per heavy atom. The predicted molar refractivity (Wildman–Crippen MR) is 58.7 cm³/mol. The van der Waals surface area contributed by atoms with Gasteiger partial charge in [-0.05, 0) is 30.5 Å². The van der Waals surface area contributed by atoms with Gasteiger partial charge in [0.1, 0.15) is 0 Å². The summed E-state index contributed by atoms with van der Waals surface area (Å²) in [6.07, 6.45) is 1.85. The molecule has 2 nitrogen and oxygen atoms in total. The Bertz CT molecular complexity index is 294. The van der Waals surface area contributed by atoms with Crippen molar-refractivity contribution in [2.24, 2.45) is 0 Å². The SMILES string of the molecule is CCc1ccc(N2CC[C@H](O)C2)cc1. The van der Waals surface area contributed by atoms with Crippen LogP contribution in [0.5, 0.6) is 0 Å². The molecule has 0 amide bonds. The number of anilines is 1. The molecule has 14 heavy (non-hydrogen) atoms. The van der Waals surface area contributed by atoms with E-state index in [1.807, 2.05) is 0 Å². The van der Waals surface area contributed by atoms with Gasteiger partial charge in [-0.15, -0.1) is 0 Å². The van der Waals surface area contributed by atoms with Gasteiger partial charge in [-0.3, -0.25) is 0 Å². The number of hydrogen-bond donors (Lipinski definition) is 1. The Hall–Kier alpha value is -1.02. The van der Waals surface area contributed by atoms with Crippen LogP contribution in [-0.2, 0) is 6.42 Å². The van der Waals surface area contributed by atoms with Crippen molar-refractivity contribution in [2.45, 2.75) is 25.9 Å². The molecule has 1 atom stereocenters. The van der Waals surface area contributed by atoms with Crippen molar-refractivity contribution in [3.05, 3.63) is 29.8 Å². The van der Waals surface area contributed by atoms with E-state index >= 15 is 0 Å². The fourth-order valence-corrected chi connectivity index (χ4v) is 1.92. The van der Waals surface area contributed by atoms with Crippen molar-refractivity contribution < 1.29 is 5.11 Å². The molecule has 76 valence electrons. The van der Waals surface area contributed by atoms with Gasteiger partial charge in [-0.1, -0.05) is 19.1 Å². The second-order valence-corrected chi connectivity index (χ2v) is 3.91. The highest BCUT2D eigenvalue weighted by molar-refractivity contribution is 5.48. The maximum absolute atomic E-state index is 9.42. The third-order valence-electron chi connectivity index (χ3n) is 2.87. The first-order chi connectivity index (χ1) is 6.79. The quantitative estimate of drug-likeness (QED) is 0.770. The molecule has 1 aromatic carbocycles. The maximum atomic E-state index is 9.42. The zero-order chi connectivity index (χ0) is 9.97. The van der Waals surface area contributed by atoms with Crippen molar-refractivity contribution in [1.82, 2.24) is 0 Å². The molecule has 1 saturated heterocycles. The largest absolute Gasteiger partial charge is 0.391 e. The highest BCUT2D eigenvalue weighted by atomic mass is 16.3. The van der Waals surface area contributed by atoms with Gasteiger partial charge in [0.25, 0.3) is 0 Å². The van der Waals surface area contributed by atoms with Crippen molar-refractivity contribution in [3.63, 3.8) is 0 Å². The topological polar surface area (TPSA) is 23.5 Å². The Morgan fingerprint density at radius 1 is 1.36 bits per heavy atom. The van der Waals surface area contributed by atoms with Crippen LogP contribution >= 0.6 is 0 Å². The lowest BCUT2D eigenvalue weighted by molar-refractivity contribution is 0.198. The van der Waals surface area contributed by atoms with Crippen LogP contribution in [-0.4, -0.2) is 24.3 Å². The lowest BCUT2D eigenvalue weighted by Gasteiger charge is -2.17. The van der Waals surface area contributed by atoms with E-state index in [9.17, 15) is 5.11 Å². The van der Waals surface area contributed by atoms with E-state index in [0.717, 1.165) is 25.9 Å². The van der Waals surface area contributed by atoms with Gasteiger partial charge < -0.3 is 10.0 Å². The van der Waals surface area contributed by atoms with Crippen LogP contribution in [0.3, 0.4) is 0 Å². The molecule has 1 heterocycles. The molecule has 1 aliphatic rings. The molecule has 1 fully saturated rings. The van der Waals surface area contributed by atoms with Gasteiger partial charge in [-0.25, -0.2) is 0 Å². The lowest BCUT2D eigenvalue weighted by Crippen LogP contribution is -2.20. The van der Waals surface area contributed by atoms with E-state index in [4.69, 9.17) is 0 Å². The van der Waals surface area contributed by atoms with Crippen molar-refractivity contribution >= 4 is 5.69 Å². The normalized spacial score (nSPS) is 21.6. The van der Waals surface area contributed by atoms with Crippen LogP contribution in [0.4, 0.5) is 5.69 Å². The zero-order valence-electron chi connectivity index (χ0n) is 8.61. The molecule has 2 heteroatoms. The van der Waals surface area contributed by atoms with E-state index in [1.54, 1.807) is 0 Å². The minimum atomic E-state index is -0.138. The average Bonchev–Trinajstić information content (AvgIpc) is 2.65. The summed E-state index contributed by atoms with van der Waals surface area (Å²) in [6, 6.07) is 8.63.